The van der Waals surface area contributed by atoms with E-state index in [4.69, 9.17) is 9.84 Å². The van der Waals surface area contributed by atoms with E-state index in [0.717, 1.165) is 6.07 Å². The van der Waals surface area contributed by atoms with Crippen LogP contribution in [0.25, 0.3) is 0 Å². The second-order valence-corrected chi connectivity index (χ2v) is 4.85. The third-order valence-corrected chi connectivity index (χ3v) is 3.44. The van der Waals surface area contributed by atoms with Crippen molar-refractivity contribution in [1.82, 2.24) is 4.90 Å². The SMILES string of the molecule is COc1ccc(C(=O)N2CCC(CC(=O)O)C2)c(F)c1. The van der Waals surface area contributed by atoms with Crippen molar-refractivity contribution in [3.63, 3.8) is 0 Å². The van der Waals surface area contributed by atoms with Crippen LogP contribution in [-0.4, -0.2) is 42.1 Å². The number of nitrogens with zero attached hydrogens (tertiary/aromatic N) is 1. The number of ether oxygens (including phenoxy) is 1. The molecule has 0 aromatic heterocycles. The van der Waals surface area contributed by atoms with Crippen LogP contribution in [0.3, 0.4) is 0 Å². The first kappa shape index (κ1) is 14.3. The molecule has 1 fully saturated rings. The van der Waals surface area contributed by atoms with Crippen molar-refractivity contribution in [2.75, 3.05) is 20.2 Å². The van der Waals surface area contributed by atoms with Crippen molar-refractivity contribution in [3.8, 4) is 5.75 Å². The Morgan fingerprint density at radius 2 is 2.25 bits per heavy atom. The minimum Gasteiger partial charge on any atom is -0.497 e. The van der Waals surface area contributed by atoms with E-state index in [1.54, 1.807) is 0 Å². The Morgan fingerprint density at radius 3 is 2.85 bits per heavy atom. The number of carbonyl (C=O) groups is 2. The number of aliphatic carboxylic acids is 1. The van der Waals surface area contributed by atoms with Gasteiger partial charge >= 0.3 is 5.97 Å². The maximum atomic E-state index is 13.8. The van der Waals surface area contributed by atoms with Gasteiger partial charge < -0.3 is 14.7 Å². The number of hydrogen-bond donors (Lipinski definition) is 1. The minimum absolute atomic E-state index is 0.0122. The minimum atomic E-state index is -0.875. The zero-order valence-corrected chi connectivity index (χ0v) is 11.1. The molecule has 1 aliphatic heterocycles. The van der Waals surface area contributed by atoms with Gasteiger partial charge in [-0.25, -0.2) is 4.39 Å². The summed E-state index contributed by atoms with van der Waals surface area (Å²) in [5.74, 6) is -1.61. The zero-order valence-electron chi connectivity index (χ0n) is 11.1. The highest BCUT2D eigenvalue weighted by Crippen LogP contribution is 2.23. The molecule has 5 nitrogen and oxygen atoms in total. The molecule has 0 saturated carbocycles. The van der Waals surface area contributed by atoms with Crippen LogP contribution in [0.4, 0.5) is 4.39 Å². The average molecular weight is 281 g/mol. The summed E-state index contributed by atoms with van der Waals surface area (Å²) in [4.78, 5) is 24.3. The van der Waals surface area contributed by atoms with Crippen LogP contribution in [0.2, 0.25) is 0 Å². The van der Waals surface area contributed by atoms with E-state index in [1.807, 2.05) is 0 Å². The highest BCUT2D eigenvalue weighted by atomic mass is 19.1. The molecule has 0 aliphatic carbocycles. The van der Waals surface area contributed by atoms with Gasteiger partial charge in [-0.1, -0.05) is 0 Å². The van der Waals surface area contributed by atoms with Gasteiger partial charge in [-0.2, -0.15) is 0 Å². The molecule has 2 rings (SSSR count). The van der Waals surface area contributed by atoms with Crippen LogP contribution in [0.5, 0.6) is 5.75 Å². The number of rotatable bonds is 4. The average Bonchev–Trinajstić information content (AvgIpc) is 2.85. The Labute approximate surface area is 116 Å². The Bertz CT molecular complexity index is 532. The number of carbonyl (C=O) groups excluding carboxylic acids is 1. The molecule has 1 amide bonds. The van der Waals surface area contributed by atoms with E-state index >= 15 is 0 Å². The van der Waals surface area contributed by atoms with Gasteiger partial charge in [0.05, 0.1) is 12.7 Å². The largest absolute Gasteiger partial charge is 0.497 e. The van der Waals surface area contributed by atoms with E-state index in [0.29, 0.717) is 25.3 Å². The first-order valence-electron chi connectivity index (χ1n) is 6.36. The van der Waals surface area contributed by atoms with Gasteiger partial charge in [-0.15, -0.1) is 0 Å². The lowest BCUT2D eigenvalue weighted by molar-refractivity contribution is -0.138. The summed E-state index contributed by atoms with van der Waals surface area (Å²) in [5.41, 5.74) is -0.0122. The highest BCUT2D eigenvalue weighted by Gasteiger charge is 2.29. The van der Waals surface area contributed by atoms with Crippen molar-refractivity contribution in [3.05, 3.63) is 29.6 Å². The normalized spacial score (nSPS) is 18.1. The summed E-state index contributed by atoms with van der Waals surface area (Å²) in [6.45, 7) is 0.818. The number of amides is 1. The predicted octanol–water partition coefficient (Wildman–Crippen LogP) is 1.77. The van der Waals surface area contributed by atoms with E-state index in [9.17, 15) is 14.0 Å². The van der Waals surface area contributed by atoms with Gasteiger partial charge in [-0.05, 0) is 24.5 Å². The Kier molecular flexibility index (Phi) is 4.22. The lowest BCUT2D eigenvalue weighted by atomic mass is 10.1. The number of carboxylic acids is 1. The zero-order chi connectivity index (χ0) is 14.7. The molecule has 1 N–H and O–H groups in total. The molecule has 1 saturated heterocycles. The molecule has 6 heteroatoms. The summed E-state index contributed by atoms with van der Waals surface area (Å²) in [6, 6.07) is 4.08. The molecule has 108 valence electrons. The number of carboxylic acid groups (broad SMARTS) is 1. The standard InChI is InChI=1S/C14H16FNO4/c1-20-10-2-3-11(12(15)7-10)14(19)16-5-4-9(8-16)6-13(17)18/h2-3,7,9H,4-6,8H2,1H3,(H,17,18). The number of benzene rings is 1. The molecular weight excluding hydrogens is 265 g/mol. The lowest BCUT2D eigenvalue weighted by Gasteiger charge is -2.17. The number of halogens is 1. The summed E-state index contributed by atoms with van der Waals surface area (Å²) in [7, 11) is 1.42. The van der Waals surface area contributed by atoms with E-state index in [2.05, 4.69) is 0 Å². The first-order chi connectivity index (χ1) is 9.51. The highest BCUT2D eigenvalue weighted by molar-refractivity contribution is 5.94. The van der Waals surface area contributed by atoms with E-state index < -0.39 is 17.7 Å². The van der Waals surface area contributed by atoms with Crippen molar-refractivity contribution in [2.24, 2.45) is 5.92 Å². The Balaban J connectivity index is 2.07. The Hall–Kier alpha value is -2.11. The van der Waals surface area contributed by atoms with Crippen LogP contribution in [0.1, 0.15) is 23.2 Å². The third-order valence-electron chi connectivity index (χ3n) is 3.44. The molecule has 0 bridgehead atoms. The lowest BCUT2D eigenvalue weighted by Crippen LogP contribution is -2.29. The number of hydrogen-bond acceptors (Lipinski definition) is 3. The van der Waals surface area contributed by atoms with Crippen LogP contribution >= 0.6 is 0 Å². The van der Waals surface area contributed by atoms with Gasteiger partial charge in [0.1, 0.15) is 11.6 Å². The van der Waals surface area contributed by atoms with Crippen molar-refractivity contribution in [1.29, 1.82) is 0 Å². The molecular formula is C14H16FNO4. The fourth-order valence-corrected chi connectivity index (χ4v) is 2.40. The van der Waals surface area contributed by atoms with Gasteiger partial charge in [0.2, 0.25) is 0 Å². The number of methoxy groups -OCH3 is 1. The third kappa shape index (κ3) is 3.07. The van der Waals surface area contributed by atoms with Gasteiger partial charge in [-0.3, -0.25) is 9.59 Å². The fourth-order valence-electron chi connectivity index (χ4n) is 2.40. The van der Waals surface area contributed by atoms with Gasteiger partial charge in [0.15, 0.2) is 0 Å². The van der Waals surface area contributed by atoms with E-state index in [1.165, 1.54) is 24.1 Å². The first-order valence-corrected chi connectivity index (χ1v) is 6.36. The summed E-state index contributed by atoms with van der Waals surface area (Å²) in [5, 5.41) is 8.74. The summed E-state index contributed by atoms with van der Waals surface area (Å²) in [6.07, 6.45) is 0.671. The summed E-state index contributed by atoms with van der Waals surface area (Å²) < 4.78 is 18.7. The fraction of sp³-hybridized carbons (Fsp3) is 0.429. The van der Waals surface area contributed by atoms with Crippen LogP contribution < -0.4 is 4.74 Å². The summed E-state index contributed by atoms with van der Waals surface area (Å²) >= 11 is 0. The molecule has 1 atom stereocenters. The van der Waals surface area contributed by atoms with Crippen LogP contribution in [-0.2, 0) is 4.79 Å². The molecule has 0 spiro atoms. The second-order valence-electron chi connectivity index (χ2n) is 4.85. The van der Waals surface area contributed by atoms with Crippen molar-refractivity contribution in [2.45, 2.75) is 12.8 Å². The molecule has 1 unspecified atom stereocenters. The Morgan fingerprint density at radius 1 is 1.50 bits per heavy atom. The maximum Gasteiger partial charge on any atom is 0.303 e. The molecule has 1 aromatic rings. The topological polar surface area (TPSA) is 66.8 Å². The van der Waals surface area contributed by atoms with Gasteiger partial charge in [0.25, 0.3) is 5.91 Å². The molecule has 0 radical (unpaired) electrons. The van der Waals surface area contributed by atoms with Crippen molar-refractivity contribution >= 4 is 11.9 Å². The number of likely N-dealkylation sites (tertiary alicyclic amines) is 1. The van der Waals surface area contributed by atoms with E-state index in [-0.39, 0.29) is 17.9 Å². The quantitative estimate of drug-likeness (QED) is 0.913. The molecule has 1 heterocycles. The molecule has 20 heavy (non-hydrogen) atoms. The monoisotopic (exact) mass is 281 g/mol. The molecule has 1 aliphatic rings. The smallest absolute Gasteiger partial charge is 0.303 e. The van der Waals surface area contributed by atoms with Gasteiger partial charge in [0, 0.05) is 25.6 Å². The second kappa shape index (κ2) is 5.90. The van der Waals surface area contributed by atoms with Crippen LogP contribution in [0.15, 0.2) is 18.2 Å². The van der Waals surface area contributed by atoms with Crippen LogP contribution in [0, 0.1) is 11.7 Å². The predicted molar refractivity (Wildman–Crippen MR) is 69.2 cm³/mol. The van der Waals surface area contributed by atoms with Crippen molar-refractivity contribution < 1.29 is 23.8 Å². The molecule has 1 aromatic carbocycles. The maximum absolute atomic E-state index is 13.8.